The maximum Gasteiger partial charge on any atom is 0.256 e. The summed E-state index contributed by atoms with van der Waals surface area (Å²) in [7, 11) is 0. The van der Waals surface area contributed by atoms with E-state index in [1.807, 2.05) is 0 Å². The van der Waals surface area contributed by atoms with Crippen molar-refractivity contribution in [2.45, 2.75) is 25.4 Å². The van der Waals surface area contributed by atoms with E-state index in [0.717, 1.165) is 12.5 Å². The van der Waals surface area contributed by atoms with Crippen molar-refractivity contribution in [1.29, 1.82) is 0 Å². The SMILES string of the molecule is CC1(C(=O)Nc2ccc(O)c(F)c2)CCCO1. The van der Waals surface area contributed by atoms with Gasteiger partial charge in [0.2, 0.25) is 0 Å². The maximum absolute atomic E-state index is 13.1. The fourth-order valence-corrected chi connectivity index (χ4v) is 1.81. The van der Waals surface area contributed by atoms with Gasteiger partial charge in [-0.15, -0.1) is 0 Å². The zero-order chi connectivity index (χ0) is 12.5. The second kappa shape index (κ2) is 4.33. The van der Waals surface area contributed by atoms with Crippen molar-refractivity contribution in [3.8, 4) is 5.75 Å². The maximum atomic E-state index is 13.1. The Hall–Kier alpha value is -1.62. The molecule has 0 saturated carbocycles. The Morgan fingerprint density at radius 2 is 2.35 bits per heavy atom. The van der Waals surface area contributed by atoms with Crippen LogP contribution in [0.5, 0.6) is 5.75 Å². The number of benzene rings is 1. The Morgan fingerprint density at radius 3 is 2.94 bits per heavy atom. The van der Waals surface area contributed by atoms with Gasteiger partial charge in [-0.05, 0) is 31.9 Å². The van der Waals surface area contributed by atoms with E-state index in [0.29, 0.717) is 18.7 Å². The van der Waals surface area contributed by atoms with Gasteiger partial charge in [-0.3, -0.25) is 4.79 Å². The third kappa shape index (κ3) is 2.39. The van der Waals surface area contributed by atoms with E-state index in [1.54, 1.807) is 6.92 Å². The molecule has 2 rings (SSSR count). The van der Waals surface area contributed by atoms with Crippen molar-refractivity contribution in [2.75, 3.05) is 11.9 Å². The average molecular weight is 239 g/mol. The fraction of sp³-hybridized carbons (Fsp3) is 0.417. The van der Waals surface area contributed by atoms with Crippen molar-refractivity contribution in [2.24, 2.45) is 0 Å². The van der Waals surface area contributed by atoms with Crippen LogP contribution in [-0.2, 0) is 9.53 Å². The Bertz CT molecular complexity index is 441. The molecule has 1 aromatic rings. The van der Waals surface area contributed by atoms with Crippen LogP contribution < -0.4 is 5.32 Å². The van der Waals surface area contributed by atoms with E-state index in [4.69, 9.17) is 9.84 Å². The van der Waals surface area contributed by atoms with E-state index in [2.05, 4.69) is 5.32 Å². The van der Waals surface area contributed by atoms with Crippen LogP contribution in [0.3, 0.4) is 0 Å². The van der Waals surface area contributed by atoms with E-state index in [-0.39, 0.29) is 5.91 Å². The lowest BCUT2D eigenvalue weighted by Gasteiger charge is -2.21. The Labute approximate surface area is 98.4 Å². The van der Waals surface area contributed by atoms with E-state index in [9.17, 15) is 9.18 Å². The Morgan fingerprint density at radius 1 is 1.59 bits per heavy atom. The zero-order valence-electron chi connectivity index (χ0n) is 9.50. The first-order valence-corrected chi connectivity index (χ1v) is 5.45. The predicted octanol–water partition coefficient (Wildman–Crippen LogP) is 2.04. The number of rotatable bonds is 2. The molecule has 1 aromatic carbocycles. The number of ether oxygens (including phenoxy) is 1. The van der Waals surface area contributed by atoms with Gasteiger partial charge in [0.1, 0.15) is 5.60 Å². The molecule has 5 heteroatoms. The molecule has 1 unspecified atom stereocenters. The highest BCUT2D eigenvalue weighted by Gasteiger charge is 2.37. The third-order valence-electron chi connectivity index (χ3n) is 2.90. The quantitative estimate of drug-likeness (QED) is 0.776. The second-order valence-electron chi connectivity index (χ2n) is 4.30. The van der Waals surface area contributed by atoms with Gasteiger partial charge in [-0.1, -0.05) is 0 Å². The van der Waals surface area contributed by atoms with Crippen LogP contribution in [0.4, 0.5) is 10.1 Å². The number of phenolic OH excluding ortho intramolecular Hbond substituents is 1. The van der Waals surface area contributed by atoms with Crippen LogP contribution in [0.15, 0.2) is 18.2 Å². The number of halogens is 1. The molecule has 2 N–H and O–H groups in total. The first-order chi connectivity index (χ1) is 8.01. The van der Waals surface area contributed by atoms with Gasteiger partial charge < -0.3 is 15.2 Å². The summed E-state index contributed by atoms with van der Waals surface area (Å²) < 4.78 is 18.4. The largest absolute Gasteiger partial charge is 0.505 e. The number of phenols is 1. The van der Waals surface area contributed by atoms with Crippen LogP contribution in [0, 0.1) is 5.82 Å². The zero-order valence-corrected chi connectivity index (χ0v) is 9.50. The summed E-state index contributed by atoms with van der Waals surface area (Å²) in [6.45, 7) is 2.28. The van der Waals surface area contributed by atoms with Crippen LogP contribution in [0.2, 0.25) is 0 Å². The van der Waals surface area contributed by atoms with Crippen LogP contribution in [0.1, 0.15) is 19.8 Å². The monoisotopic (exact) mass is 239 g/mol. The van der Waals surface area contributed by atoms with Gasteiger partial charge >= 0.3 is 0 Å². The molecule has 1 aliphatic rings. The van der Waals surface area contributed by atoms with Gasteiger partial charge in [0.05, 0.1) is 0 Å². The minimum Gasteiger partial charge on any atom is -0.505 e. The number of amides is 1. The molecule has 1 aliphatic heterocycles. The number of carbonyl (C=O) groups excluding carboxylic acids is 1. The molecule has 0 aromatic heterocycles. The average Bonchev–Trinajstić information content (AvgIpc) is 2.72. The lowest BCUT2D eigenvalue weighted by atomic mass is 10.0. The summed E-state index contributed by atoms with van der Waals surface area (Å²) in [6, 6.07) is 3.71. The van der Waals surface area contributed by atoms with E-state index < -0.39 is 17.2 Å². The lowest BCUT2D eigenvalue weighted by molar-refractivity contribution is -0.133. The molecule has 0 aliphatic carbocycles. The molecule has 1 fully saturated rings. The number of nitrogens with one attached hydrogen (secondary N) is 1. The van der Waals surface area contributed by atoms with Gasteiger partial charge in [0.25, 0.3) is 5.91 Å². The summed E-state index contributed by atoms with van der Waals surface area (Å²) >= 11 is 0. The molecule has 0 spiro atoms. The number of hydrogen-bond donors (Lipinski definition) is 2. The molecule has 0 radical (unpaired) electrons. The van der Waals surface area contributed by atoms with Crippen molar-refractivity contribution in [3.05, 3.63) is 24.0 Å². The molecule has 0 bridgehead atoms. The summed E-state index contributed by atoms with van der Waals surface area (Å²) in [6.07, 6.45) is 1.49. The molecule has 4 nitrogen and oxygen atoms in total. The number of carbonyl (C=O) groups is 1. The molecular formula is C12H14FNO3. The highest BCUT2D eigenvalue weighted by Crippen LogP contribution is 2.27. The summed E-state index contributed by atoms with van der Waals surface area (Å²) in [5.41, 5.74) is -0.531. The molecule has 1 amide bonds. The Kier molecular flexibility index (Phi) is 3.02. The molecule has 1 saturated heterocycles. The van der Waals surface area contributed by atoms with Gasteiger partial charge in [-0.25, -0.2) is 4.39 Å². The van der Waals surface area contributed by atoms with Gasteiger partial charge in [0, 0.05) is 18.4 Å². The first-order valence-electron chi connectivity index (χ1n) is 5.45. The fourth-order valence-electron chi connectivity index (χ4n) is 1.81. The van der Waals surface area contributed by atoms with Crippen molar-refractivity contribution < 1.29 is 19.0 Å². The van der Waals surface area contributed by atoms with Gasteiger partial charge in [0.15, 0.2) is 11.6 Å². The Balaban J connectivity index is 2.10. The normalized spacial score (nSPS) is 23.6. The minimum atomic E-state index is -0.839. The van der Waals surface area contributed by atoms with Crippen molar-refractivity contribution in [3.63, 3.8) is 0 Å². The molecule has 17 heavy (non-hydrogen) atoms. The molecule has 1 heterocycles. The van der Waals surface area contributed by atoms with Crippen LogP contribution >= 0.6 is 0 Å². The van der Waals surface area contributed by atoms with Crippen LogP contribution in [-0.4, -0.2) is 23.2 Å². The number of anilines is 1. The van der Waals surface area contributed by atoms with E-state index in [1.165, 1.54) is 12.1 Å². The van der Waals surface area contributed by atoms with Crippen LogP contribution in [0.25, 0.3) is 0 Å². The summed E-state index contributed by atoms with van der Waals surface area (Å²) in [5.74, 6) is -1.49. The smallest absolute Gasteiger partial charge is 0.256 e. The highest BCUT2D eigenvalue weighted by molar-refractivity contribution is 5.97. The standard InChI is InChI=1S/C12H14FNO3/c1-12(5-2-6-17-12)11(16)14-8-3-4-10(15)9(13)7-8/h3-4,7,15H,2,5-6H2,1H3,(H,14,16). The number of aromatic hydroxyl groups is 1. The van der Waals surface area contributed by atoms with E-state index >= 15 is 0 Å². The molecule has 92 valence electrons. The third-order valence-corrected chi connectivity index (χ3v) is 2.90. The summed E-state index contributed by atoms with van der Waals surface area (Å²) in [4.78, 5) is 11.9. The molecule has 1 atom stereocenters. The topological polar surface area (TPSA) is 58.6 Å². The first kappa shape index (κ1) is 11.9. The number of hydrogen-bond acceptors (Lipinski definition) is 3. The van der Waals surface area contributed by atoms with Gasteiger partial charge in [-0.2, -0.15) is 0 Å². The highest BCUT2D eigenvalue weighted by atomic mass is 19.1. The predicted molar refractivity (Wildman–Crippen MR) is 60.3 cm³/mol. The second-order valence-corrected chi connectivity index (χ2v) is 4.30. The summed E-state index contributed by atoms with van der Waals surface area (Å²) in [5, 5.41) is 11.6. The lowest BCUT2D eigenvalue weighted by Crippen LogP contribution is -2.39. The van der Waals surface area contributed by atoms with Crippen molar-refractivity contribution in [1.82, 2.24) is 0 Å². The molecular weight excluding hydrogens is 225 g/mol. The van der Waals surface area contributed by atoms with Crippen molar-refractivity contribution >= 4 is 11.6 Å². The minimum absolute atomic E-state index is 0.292.